The first-order valence-corrected chi connectivity index (χ1v) is 8.80. The zero-order valence-corrected chi connectivity index (χ0v) is 15.6. The zero-order chi connectivity index (χ0) is 20.1. The lowest BCUT2D eigenvalue weighted by molar-refractivity contribution is -0.129. The number of carbonyl (C=O) groups excluding carboxylic acids is 2. The van der Waals surface area contributed by atoms with Crippen molar-refractivity contribution in [1.82, 2.24) is 0 Å². The van der Waals surface area contributed by atoms with Crippen LogP contribution >= 0.6 is 0 Å². The second-order valence-electron chi connectivity index (χ2n) is 6.37. The van der Waals surface area contributed by atoms with E-state index in [1.165, 1.54) is 0 Å². The highest BCUT2D eigenvalue weighted by atomic mass is 16.5. The van der Waals surface area contributed by atoms with Crippen LogP contribution in [0.5, 0.6) is 23.0 Å². The summed E-state index contributed by atoms with van der Waals surface area (Å²) in [5.41, 5.74) is 0.480. The number of ether oxygens (including phenoxy) is 3. The van der Waals surface area contributed by atoms with Gasteiger partial charge in [-0.1, -0.05) is 0 Å². The third-order valence-electron chi connectivity index (χ3n) is 4.37. The normalized spacial score (nSPS) is 13.8. The van der Waals surface area contributed by atoms with Gasteiger partial charge in [-0.15, -0.1) is 0 Å². The fraction of sp³-hybridized carbons (Fsp3) is 0.286. The van der Waals surface area contributed by atoms with Crippen molar-refractivity contribution in [2.24, 2.45) is 11.8 Å². The number of rotatable bonds is 8. The molecule has 1 unspecified atom stereocenters. The van der Waals surface area contributed by atoms with Crippen LogP contribution in [0.15, 0.2) is 42.5 Å². The molecule has 1 fully saturated rings. The maximum atomic E-state index is 12.2. The first-order valence-electron chi connectivity index (χ1n) is 8.80. The van der Waals surface area contributed by atoms with Gasteiger partial charge < -0.3 is 19.5 Å². The van der Waals surface area contributed by atoms with Gasteiger partial charge in [0.15, 0.2) is 23.2 Å². The van der Waals surface area contributed by atoms with E-state index in [9.17, 15) is 9.59 Å². The molecular weight excluding hydrogens is 360 g/mol. The van der Waals surface area contributed by atoms with Crippen LogP contribution in [0, 0.1) is 23.2 Å². The monoisotopic (exact) mass is 380 g/mol. The Labute approximate surface area is 162 Å². The fourth-order valence-corrected chi connectivity index (χ4v) is 2.69. The van der Waals surface area contributed by atoms with Gasteiger partial charge in [0.05, 0.1) is 20.3 Å². The van der Waals surface area contributed by atoms with Crippen molar-refractivity contribution in [1.29, 1.82) is 5.26 Å². The molecule has 0 aromatic heterocycles. The maximum absolute atomic E-state index is 12.2. The maximum Gasteiger partial charge on any atom is 0.249 e. The molecule has 0 bridgehead atoms. The van der Waals surface area contributed by atoms with Gasteiger partial charge in [0.1, 0.15) is 11.5 Å². The van der Waals surface area contributed by atoms with Crippen LogP contribution in [-0.4, -0.2) is 25.9 Å². The number of Topliss-reactive ketones (excluding diaryl/α,β-unsaturated/α-hetero) is 1. The second kappa shape index (κ2) is 8.44. The van der Waals surface area contributed by atoms with Gasteiger partial charge in [0, 0.05) is 17.7 Å². The van der Waals surface area contributed by atoms with Crippen LogP contribution in [-0.2, 0) is 9.59 Å². The number of hydrogen-bond donors (Lipinski definition) is 1. The lowest BCUT2D eigenvalue weighted by Gasteiger charge is -2.12. The Morgan fingerprint density at radius 3 is 2.25 bits per heavy atom. The lowest BCUT2D eigenvalue weighted by Crippen LogP contribution is -2.29. The number of nitrogens with one attached hydrogen (secondary N) is 1. The Hall–Kier alpha value is -3.53. The van der Waals surface area contributed by atoms with E-state index in [0.717, 1.165) is 12.8 Å². The molecule has 28 heavy (non-hydrogen) atoms. The number of nitriles is 1. The second-order valence-corrected chi connectivity index (χ2v) is 6.37. The molecule has 1 saturated carbocycles. The molecule has 1 aliphatic carbocycles. The van der Waals surface area contributed by atoms with Crippen LogP contribution in [0.3, 0.4) is 0 Å². The summed E-state index contributed by atoms with van der Waals surface area (Å²) >= 11 is 0. The first kappa shape index (κ1) is 19.2. The van der Waals surface area contributed by atoms with Crippen molar-refractivity contribution in [2.75, 3.05) is 19.5 Å². The molecule has 1 aliphatic rings. The van der Waals surface area contributed by atoms with E-state index >= 15 is 0 Å². The largest absolute Gasteiger partial charge is 0.493 e. The number of benzene rings is 2. The highest BCUT2D eigenvalue weighted by Crippen LogP contribution is 2.34. The SMILES string of the molecule is COc1ccc(Oc2ccc(NC(=O)C(C#N)C(=O)C3CC3)cc2)cc1OC. The predicted octanol–water partition coefficient (Wildman–Crippen LogP) is 3.55. The van der Waals surface area contributed by atoms with E-state index in [-0.39, 0.29) is 11.7 Å². The van der Waals surface area contributed by atoms with Gasteiger partial charge in [0.25, 0.3) is 0 Å². The molecule has 2 aromatic carbocycles. The summed E-state index contributed by atoms with van der Waals surface area (Å²) in [5, 5.41) is 11.7. The van der Waals surface area contributed by atoms with Crippen molar-refractivity contribution in [3.8, 4) is 29.1 Å². The van der Waals surface area contributed by atoms with Crippen LogP contribution in [0.4, 0.5) is 5.69 Å². The molecule has 144 valence electrons. The van der Waals surface area contributed by atoms with Gasteiger partial charge in [0.2, 0.25) is 5.91 Å². The molecule has 0 heterocycles. The smallest absolute Gasteiger partial charge is 0.249 e. The molecule has 2 aromatic rings. The molecule has 7 heteroatoms. The van der Waals surface area contributed by atoms with Gasteiger partial charge in [-0.05, 0) is 49.2 Å². The van der Waals surface area contributed by atoms with E-state index in [1.807, 2.05) is 0 Å². The zero-order valence-electron chi connectivity index (χ0n) is 15.6. The number of ketones is 1. The predicted molar refractivity (Wildman–Crippen MR) is 102 cm³/mol. The average molecular weight is 380 g/mol. The molecule has 0 radical (unpaired) electrons. The molecule has 1 N–H and O–H groups in total. The van der Waals surface area contributed by atoms with Crippen molar-refractivity contribution >= 4 is 17.4 Å². The number of amides is 1. The number of hydrogen-bond acceptors (Lipinski definition) is 6. The molecule has 7 nitrogen and oxygen atoms in total. The lowest BCUT2D eigenvalue weighted by atomic mass is 10.0. The summed E-state index contributed by atoms with van der Waals surface area (Å²) in [4.78, 5) is 24.2. The third kappa shape index (κ3) is 4.41. The molecule has 3 rings (SSSR count). The molecule has 0 spiro atoms. The fourth-order valence-electron chi connectivity index (χ4n) is 2.69. The van der Waals surface area contributed by atoms with E-state index in [4.69, 9.17) is 19.5 Å². The number of methoxy groups -OCH3 is 2. The van der Waals surface area contributed by atoms with Gasteiger partial charge >= 0.3 is 0 Å². The Kier molecular flexibility index (Phi) is 5.80. The number of carbonyl (C=O) groups is 2. The summed E-state index contributed by atoms with van der Waals surface area (Å²) in [6.45, 7) is 0. The molecule has 0 saturated heterocycles. The summed E-state index contributed by atoms with van der Waals surface area (Å²) in [5.74, 6) is -0.0539. The van der Waals surface area contributed by atoms with Crippen molar-refractivity contribution in [2.45, 2.75) is 12.8 Å². The standard InChI is InChI=1S/C21H20N2O5/c1-26-18-10-9-16(11-19(18)27-2)28-15-7-5-14(6-8-15)23-21(25)17(12-22)20(24)13-3-4-13/h5-11,13,17H,3-4H2,1-2H3,(H,23,25). The quantitative estimate of drug-likeness (QED) is 0.703. The van der Waals surface area contributed by atoms with Crippen LogP contribution < -0.4 is 19.5 Å². The minimum Gasteiger partial charge on any atom is -0.493 e. The van der Waals surface area contributed by atoms with Crippen molar-refractivity contribution < 1.29 is 23.8 Å². The Morgan fingerprint density at radius 2 is 1.68 bits per heavy atom. The first-order chi connectivity index (χ1) is 13.5. The van der Waals surface area contributed by atoms with E-state index in [1.54, 1.807) is 62.8 Å². The number of anilines is 1. The van der Waals surface area contributed by atoms with Crippen LogP contribution in [0.25, 0.3) is 0 Å². The Balaban J connectivity index is 1.64. The van der Waals surface area contributed by atoms with Crippen LogP contribution in [0.1, 0.15) is 12.8 Å². The van der Waals surface area contributed by atoms with Crippen LogP contribution in [0.2, 0.25) is 0 Å². The van der Waals surface area contributed by atoms with Gasteiger partial charge in [-0.2, -0.15) is 5.26 Å². The minimum atomic E-state index is -1.27. The van der Waals surface area contributed by atoms with Crippen molar-refractivity contribution in [3.05, 3.63) is 42.5 Å². The molecule has 1 atom stereocenters. The van der Waals surface area contributed by atoms with E-state index in [0.29, 0.717) is 28.7 Å². The van der Waals surface area contributed by atoms with Gasteiger partial charge in [-0.25, -0.2) is 0 Å². The highest BCUT2D eigenvalue weighted by molar-refractivity contribution is 6.10. The van der Waals surface area contributed by atoms with Gasteiger partial charge in [-0.3, -0.25) is 9.59 Å². The third-order valence-corrected chi connectivity index (χ3v) is 4.37. The Bertz CT molecular complexity index is 913. The number of nitrogens with zero attached hydrogens (tertiary/aromatic N) is 1. The minimum absolute atomic E-state index is 0.146. The summed E-state index contributed by atoms with van der Waals surface area (Å²) in [6.07, 6.45) is 1.51. The molecule has 0 aliphatic heterocycles. The Morgan fingerprint density at radius 1 is 1.04 bits per heavy atom. The average Bonchev–Trinajstić information content (AvgIpc) is 3.55. The van der Waals surface area contributed by atoms with Crippen molar-refractivity contribution in [3.63, 3.8) is 0 Å². The summed E-state index contributed by atoms with van der Waals surface area (Å²) in [6, 6.07) is 13.6. The van der Waals surface area contributed by atoms with E-state index in [2.05, 4.69) is 5.32 Å². The molecule has 1 amide bonds. The topological polar surface area (TPSA) is 97.6 Å². The summed E-state index contributed by atoms with van der Waals surface area (Å²) in [7, 11) is 3.10. The summed E-state index contributed by atoms with van der Waals surface area (Å²) < 4.78 is 16.2. The van der Waals surface area contributed by atoms with E-state index < -0.39 is 11.8 Å². The molecular formula is C21H20N2O5. The highest BCUT2D eigenvalue weighted by Gasteiger charge is 2.38.